The number of thiazole rings is 1. The fourth-order valence-electron chi connectivity index (χ4n) is 3.46. The number of hydrogen-bond acceptors (Lipinski definition) is 4. The molecular weight excluding hydrogens is 428 g/mol. The molecule has 0 atom stereocenters. The van der Waals surface area contributed by atoms with Gasteiger partial charge in [0.1, 0.15) is 10.8 Å². The number of benzene rings is 2. The molecule has 6 heteroatoms. The lowest BCUT2D eigenvalue weighted by Crippen LogP contribution is -2.17. The van der Waals surface area contributed by atoms with E-state index in [0.717, 1.165) is 32.0 Å². The molecule has 0 radical (unpaired) electrons. The smallest absolute Gasteiger partial charge is 0.251 e. The summed E-state index contributed by atoms with van der Waals surface area (Å²) in [6.07, 6.45) is 4.19. The third-order valence-electron chi connectivity index (χ3n) is 5.00. The quantitative estimate of drug-likeness (QED) is 0.378. The lowest BCUT2D eigenvalue weighted by molar-refractivity contribution is 0.474. The number of aromatic nitrogens is 2. The molecule has 0 spiro atoms. The van der Waals surface area contributed by atoms with Crippen LogP contribution in [-0.4, -0.2) is 15.1 Å². The number of phenols is 1. The summed E-state index contributed by atoms with van der Waals surface area (Å²) >= 11 is 7.60. The summed E-state index contributed by atoms with van der Waals surface area (Å²) in [7, 11) is 0. The van der Waals surface area contributed by atoms with Crippen molar-refractivity contribution in [1.29, 1.82) is 0 Å². The van der Waals surface area contributed by atoms with Gasteiger partial charge in [0.15, 0.2) is 0 Å². The molecule has 4 nitrogen and oxygen atoms in total. The Morgan fingerprint density at radius 3 is 2.68 bits per heavy atom. The maximum absolute atomic E-state index is 12.7. The maximum atomic E-state index is 12.7. The number of nitrogens with zero attached hydrogens (tertiary/aromatic N) is 1. The number of hydrogen-bond donors (Lipinski definition) is 2. The van der Waals surface area contributed by atoms with Gasteiger partial charge >= 0.3 is 0 Å². The molecule has 0 unspecified atom stereocenters. The van der Waals surface area contributed by atoms with Crippen LogP contribution in [0.3, 0.4) is 0 Å². The van der Waals surface area contributed by atoms with Crippen molar-refractivity contribution in [1.82, 2.24) is 9.97 Å². The van der Waals surface area contributed by atoms with Crippen LogP contribution in [0.15, 0.2) is 53.3 Å². The highest BCUT2D eigenvalue weighted by molar-refractivity contribution is 7.12. The van der Waals surface area contributed by atoms with Gasteiger partial charge in [-0.3, -0.25) is 4.79 Å². The molecule has 2 N–H and O–H groups in total. The van der Waals surface area contributed by atoms with E-state index in [4.69, 9.17) is 16.6 Å². The van der Waals surface area contributed by atoms with Crippen LogP contribution in [-0.2, 0) is 11.8 Å². The van der Waals surface area contributed by atoms with E-state index in [1.807, 2.05) is 36.4 Å². The lowest BCUT2D eigenvalue weighted by atomic mass is 9.90. The van der Waals surface area contributed by atoms with Crippen molar-refractivity contribution in [3.8, 4) is 5.75 Å². The first-order valence-corrected chi connectivity index (χ1v) is 11.2. The maximum Gasteiger partial charge on any atom is 0.251 e. The van der Waals surface area contributed by atoms with Gasteiger partial charge in [-0.05, 0) is 47.9 Å². The van der Waals surface area contributed by atoms with E-state index in [2.05, 4.69) is 25.8 Å². The topological polar surface area (TPSA) is 66.0 Å². The molecule has 0 saturated heterocycles. The molecule has 0 aliphatic carbocycles. The molecule has 4 rings (SSSR count). The summed E-state index contributed by atoms with van der Waals surface area (Å²) in [5.41, 5.74) is 2.91. The first-order chi connectivity index (χ1) is 14.7. The van der Waals surface area contributed by atoms with E-state index in [-0.39, 0.29) is 16.7 Å². The van der Waals surface area contributed by atoms with Crippen LogP contribution in [0.4, 0.5) is 0 Å². The largest absolute Gasteiger partial charge is 0.507 e. The highest BCUT2D eigenvalue weighted by atomic mass is 35.5. The Bertz CT molecular complexity index is 1350. The Hall–Kier alpha value is -2.89. The molecule has 2 heterocycles. The molecule has 31 heavy (non-hydrogen) atoms. The molecule has 2 aromatic carbocycles. The zero-order valence-corrected chi connectivity index (χ0v) is 19.1. The molecular formula is C25H23ClN2O2S. The summed E-state index contributed by atoms with van der Waals surface area (Å²) in [5.74, 6) is 0.163. The van der Waals surface area contributed by atoms with Crippen molar-refractivity contribution >= 4 is 46.0 Å². The Morgan fingerprint density at radius 2 is 1.90 bits per heavy atom. The van der Waals surface area contributed by atoms with Gasteiger partial charge in [0.2, 0.25) is 0 Å². The van der Waals surface area contributed by atoms with Crippen LogP contribution < -0.4 is 5.56 Å². The summed E-state index contributed by atoms with van der Waals surface area (Å²) in [6.45, 7) is 6.35. The van der Waals surface area contributed by atoms with E-state index in [1.165, 1.54) is 0 Å². The number of phenolic OH excluding ortho intramolecular Hbond substituents is 1. The van der Waals surface area contributed by atoms with Crippen LogP contribution in [0.1, 0.15) is 47.5 Å². The predicted molar refractivity (Wildman–Crippen MR) is 130 cm³/mol. The highest BCUT2D eigenvalue weighted by Crippen LogP contribution is 2.32. The SMILES string of the molecule is CC(C)(C)c1nc(/C=C\c2cc(Cl)ccc2O)sc1Cc1cc2ccccc2[nH]c1=O. The Morgan fingerprint density at radius 1 is 1.13 bits per heavy atom. The fourth-order valence-corrected chi connectivity index (χ4v) is 4.85. The molecule has 4 aromatic rings. The minimum Gasteiger partial charge on any atom is -0.507 e. The van der Waals surface area contributed by atoms with E-state index >= 15 is 0 Å². The summed E-state index contributed by atoms with van der Waals surface area (Å²) in [4.78, 5) is 21.5. The number of H-pyrrole nitrogens is 1. The highest BCUT2D eigenvalue weighted by Gasteiger charge is 2.23. The third kappa shape index (κ3) is 4.73. The molecule has 158 valence electrons. The Kier molecular flexibility index (Phi) is 5.73. The van der Waals surface area contributed by atoms with E-state index < -0.39 is 0 Å². The summed E-state index contributed by atoms with van der Waals surface area (Å²) in [6, 6.07) is 14.7. The third-order valence-corrected chi connectivity index (χ3v) is 6.26. The molecule has 0 fully saturated rings. The second-order valence-electron chi connectivity index (χ2n) is 8.50. The van der Waals surface area contributed by atoms with Gasteiger partial charge in [-0.1, -0.05) is 50.6 Å². The van der Waals surface area contributed by atoms with Gasteiger partial charge in [-0.15, -0.1) is 11.3 Å². The number of pyridine rings is 1. The van der Waals surface area contributed by atoms with Crippen LogP contribution in [0, 0.1) is 0 Å². The average molecular weight is 451 g/mol. The van der Waals surface area contributed by atoms with Gasteiger partial charge in [-0.25, -0.2) is 4.98 Å². The Labute approximate surface area is 189 Å². The van der Waals surface area contributed by atoms with Crippen LogP contribution >= 0.6 is 22.9 Å². The lowest BCUT2D eigenvalue weighted by Gasteiger charge is -2.17. The van der Waals surface area contributed by atoms with Gasteiger partial charge in [0.05, 0.1) is 5.69 Å². The second kappa shape index (κ2) is 8.33. The van der Waals surface area contributed by atoms with E-state index in [9.17, 15) is 9.90 Å². The Balaban J connectivity index is 1.72. The number of aromatic amines is 1. The van der Waals surface area contributed by atoms with Crippen LogP contribution in [0.2, 0.25) is 5.02 Å². The van der Waals surface area contributed by atoms with Crippen LogP contribution in [0.5, 0.6) is 5.75 Å². The standard InChI is InChI=1S/C25H23ClN2O2S/c1-25(2,3)23-21(14-17-12-15-6-4-5-7-19(15)27-24(17)30)31-22(28-23)11-8-16-13-18(26)9-10-20(16)29/h4-13,29H,14H2,1-3H3,(H,27,30)/b11-8-. The zero-order chi connectivity index (χ0) is 22.2. The average Bonchev–Trinajstić information content (AvgIpc) is 3.12. The van der Waals surface area contributed by atoms with Crippen molar-refractivity contribution in [3.63, 3.8) is 0 Å². The fraction of sp³-hybridized carbons (Fsp3) is 0.200. The van der Waals surface area contributed by atoms with Gasteiger partial charge in [-0.2, -0.15) is 0 Å². The predicted octanol–water partition coefficient (Wildman–Crippen LogP) is 6.40. The van der Waals surface area contributed by atoms with Crippen molar-refractivity contribution in [2.24, 2.45) is 0 Å². The van der Waals surface area contributed by atoms with Crippen molar-refractivity contribution in [2.45, 2.75) is 32.6 Å². The molecule has 0 bridgehead atoms. The number of fused-ring (bicyclic) bond motifs is 1. The van der Waals surface area contributed by atoms with E-state index in [0.29, 0.717) is 17.0 Å². The van der Waals surface area contributed by atoms with Gasteiger partial charge in [0.25, 0.3) is 5.56 Å². The van der Waals surface area contributed by atoms with Crippen molar-refractivity contribution in [2.75, 3.05) is 0 Å². The first kappa shape index (κ1) is 21.3. The minimum atomic E-state index is -0.167. The number of rotatable bonds is 4. The van der Waals surface area contributed by atoms with Crippen molar-refractivity contribution in [3.05, 3.63) is 90.6 Å². The molecule has 0 saturated carbocycles. The second-order valence-corrected chi connectivity index (χ2v) is 10.0. The number of nitrogens with one attached hydrogen (secondary N) is 1. The summed E-state index contributed by atoms with van der Waals surface area (Å²) < 4.78 is 0. The molecule has 0 aliphatic heterocycles. The van der Waals surface area contributed by atoms with Gasteiger partial charge in [0, 0.05) is 38.4 Å². The minimum absolute atomic E-state index is 0.0760. The van der Waals surface area contributed by atoms with Crippen LogP contribution in [0.25, 0.3) is 23.1 Å². The number of para-hydroxylation sites is 1. The zero-order valence-electron chi connectivity index (χ0n) is 17.6. The number of aromatic hydroxyl groups is 1. The molecule has 0 aliphatic rings. The normalized spacial score (nSPS) is 12.1. The van der Waals surface area contributed by atoms with E-state index in [1.54, 1.807) is 35.6 Å². The monoisotopic (exact) mass is 450 g/mol. The van der Waals surface area contributed by atoms with Crippen molar-refractivity contribution < 1.29 is 5.11 Å². The first-order valence-electron chi connectivity index (χ1n) is 9.98. The number of halogens is 1. The van der Waals surface area contributed by atoms with Gasteiger partial charge < -0.3 is 10.1 Å². The molecule has 2 aromatic heterocycles. The molecule has 0 amide bonds. The summed E-state index contributed by atoms with van der Waals surface area (Å²) in [5, 5.41) is 12.4.